The van der Waals surface area contributed by atoms with Gasteiger partial charge in [-0.3, -0.25) is 0 Å². The van der Waals surface area contributed by atoms with Crippen LogP contribution in [0.1, 0.15) is 0 Å². The minimum atomic E-state index is 0.118. The quantitative estimate of drug-likeness (QED) is 0.534. The lowest BCUT2D eigenvalue weighted by molar-refractivity contribution is 0.259. The lowest BCUT2D eigenvalue weighted by Gasteiger charge is -2.10. The summed E-state index contributed by atoms with van der Waals surface area (Å²) >= 11 is 0. The standard InChI is InChI=1S/C13H15BO/c1-3-11-10-14(15-13(11)4-2)12-8-6-5-7-9-12/h3-9,11,13H,1-2,10H2/t11-,13+/m1/s1. The molecular weight excluding hydrogens is 183 g/mol. The Balaban J connectivity index is 2.15. The van der Waals surface area contributed by atoms with Crippen LogP contribution in [0.25, 0.3) is 0 Å². The van der Waals surface area contributed by atoms with E-state index in [1.165, 1.54) is 5.46 Å². The third-order valence-electron chi connectivity index (χ3n) is 2.94. The molecule has 0 radical (unpaired) electrons. The smallest absolute Gasteiger partial charge is 0.328 e. The molecule has 1 saturated heterocycles. The van der Waals surface area contributed by atoms with Crippen molar-refractivity contribution in [1.29, 1.82) is 0 Å². The second-order valence-electron chi connectivity index (χ2n) is 3.87. The molecule has 0 aromatic heterocycles. The highest BCUT2D eigenvalue weighted by atomic mass is 16.5. The summed E-state index contributed by atoms with van der Waals surface area (Å²) in [4.78, 5) is 0. The number of hydrogen-bond donors (Lipinski definition) is 0. The highest BCUT2D eigenvalue weighted by Gasteiger charge is 2.35. The van der Waals surface area contributed by atoms with Crippen molar-refractivity contribution >= 4 is 12.4 Å². The summed E-state index contributed by atoms with van der Waals surface area (Å²) < 4.78 is 5.91. The maximum Gasteiger partial charge on any atom is 0.328 e. The first kappa shape index (κ1) is 10.2. The van der Waals surface area contributed by atoms with Crippen molar-refractivity contribution < 1.29 is 4.65 Å². The van der Waals surface area contributed by atoms with Gasteiger partial charge in [0.25, 0.3) is 0 Å². The molecule has 15 heavy (non-hydrogen) atoms. The summed E-state index contributed by atoms with van der Waals surface area (Å²) in [6.45, 7) is 7.83. The van der Waals surface area contributed by atoms with E-state index in [0.29, 0.717) is 5.92 Å². The molecule has 76 valence electrons. The van der Waals surface area contributed by atoms with Crippen molar-refractivity contribution in [2.45, 2.75) is 12.4 Å². The summed E-state index contributed by atoms with van der Waals surface area (Å²) in [5.41, 5.74) is 1.24. The van der Waals surface area contributed by atoms with Gasteiger partial charge in [-0.15, -0.1) is 13.2 Å². The molecule has 1 nitrogen and oxygen atoms in total. The second kappa shape index (κ2) is 4.50. The first-order valence-electron chi connectivity index (χ1n) is 5.30. The first-order valence-corrected chi connectivity index (χ1v) is 5.30. The number of rotatable bonds is 3. The van der Waals surface area contributed by atoms with E-state index in [0.717, 1.165) is 6.32 Å². The minimum Gasteiger partial charge on any atom is -0.424 e. The molecule has 1 aromatic rings. The summed E-state index contributed by atoms with van der Waals surface area (Å²) in [5, 5.41) is 0. The third kappa shape index (κ3) is 2.05. The van der Waals surface area contributed by atoms with Gasteiger partial charge in [-0.25, -0.2) is 0 Å². The van der Waals surface area contributed by atoms with E-state index < -0.39 is 0 Å². The minimum absolute atomic E-state index is 0.118. The Kier molecular flexibility index (Phi) is 3.07. The van der Waals surface area contributed by atoms with E-state index in [-0.39, 0.29) is 13.0 Å². The van der Waals surface area contributed by atoms with Crippen LogP contribution >= 0.6 is 0 Å². The van der Waals surface area contributed by atoms with Crippen molar-refractivity contribution in [3.05, 3.63) is 55.6 Å². The van der Waals surface area contributed by atoms with Crippen LogP contribution in [0.15, 0.2) is 55.6 Å². The van der Waals surface area contributed by atoms with E-state index in [2.05, 4.69) is 25.3 Å². The molecule has 2 atom stereocenters. The van der Waals surface area contributed by atoms with E-state index in [9.17, 15) is 0 Å². The number of benzene rings is 1. The van der Waals surface area contributed by atoms with E-state index in [4.69, 9.17) is 4.65 Å². The van der Waals surface area contributed by atoms with Crippen molar-refractivity contribution in [1.82, 2.24) is 0 Å². The lowest BCUT2D eigenvalue weighted by atomic mass is 9.57. The zero-order valence-corrected chi connectivity index (χ0v) is 8.80. The van der Waals surface area contributed by atoms with E-state index in [1.54, 1.807) is 0 Å². The molecular formula is C13H15BO. The van der Waals surface area contributed by atoms with Gasteiger partial charge >= 0.3 is 6.92 Å². The van der Waals surface area contributed by atoms with E-state index >= 15 is 0 Å². The molecule has 0 saturated carbocycles. The van der Waals surface area contributed by atoms with Gasteiger partial charge in [0.05, 0.1) is 6.10 Å². The van der Waals surface area contributed by atoms with Crippen molar-refractivity contribution in [3.8, 4) is 0 Å². The zero-order chi connectivity index (χ0) is 10.7. The maximum atomic E-state index is 5.91. The predicted octanol–water partition coefficient (Wildman–Crippen LogP) is 2.27. The Bertz CT molecular complexity index is 331. The van der Waals surface area contributed by atoms with Crippen LogP contribution in [0.4, 0.5) is 0 Å². The highest BCUT2D eigenvalue weighted by Crippen LogP contribution is 2.26. The highest BCUT2D eigenvalue weighted by molar-refractivity contribution is 6.68. The molecule has 0 aliphatic carbocycles. The second-order valence-corrected chi connectivity index (χ2v) is 3.87. The lowest BCUT2D eigenvalue weighted by Crippen LogP contribution is -2.29. The fraction of sp³-hybridized carbons (Fsp3) is 0.231. The monoisotopic (exact) mass is 198 g/mol. The Hall–Kier alpha value is -1.28. The predicted molar refractivity (Wildman–Crippen MR) is 65.4 cm³/mol. The Morgan fingerprint density at radius 1 is 1.20 bits per heavy atom. The Labute approximate surface area is 91.6 Å². The van der Waals surface area contributed by atoms with Gasteiger partial charge in [0, 0.05) is 5.92 Å². The van der Waals surface area contributed by atoms with Crippen LogP contribution in [0.2, 0.25) is 6.32 Å². The molecule has 0 N–H and O–H groups in total. The summed E-state index contributed by atoms with van der Waals surface area (Å²) in [5.74, 6) is 0.396. The molecule has 0 unspecified atom stereocenters. The first-order chi connectivity index (χ1) is 7.35. The number of hydrogen-bond acceptors (Lipinski definition) is 1. The van der Waals surface area contributed by atoms with Gasteiger partial charge in [-0.05, 0) is 11.8 Å². The Morgan fingerprint density at radius 3 is 2.47 bits per heavy atom. The molecule has 2 heteroatoms. The fourth-order valence-electron chi connectivity index (χ4n) is 2.07. The average molecular weight is 198 g/mol. The van der Waals surface area contributed by atoms with Crippen LogP contribution in [0.5, 0.6) is 0 Å². The molecule has 1 aliphatic rings. The van der Waals surface area contributed by atoms with E-state index in [1.807, 2.05) is 30.4 Å². The molecule has 0 bridgehead atoms. The largest absolute Gasteiger partial charge is 0.424 e. The van der Waals surface area contributed by atoms with Crippen LogP contribution in [-0.4, -0.2) is 13.0 Å². The van der Waals surface area contributed by atoms with Gasteiger partial charge in [0.1, 0.15) is 0 Å². The normalized spacial score (nSPS) is 25.2. The van der Waals surface area contributed by atoms with Crippen LogP contribution < -0.4 is 5.46 Å². The van der Waals surface area contributed by atoms with Gasteiger partial charge in [0.2, 0.25) is 0 Å². The molecule has 1 aliphatic heterocycles. The molecule has 0 amide bonds. The third-order valence-corrected chi connectivity index (χ3v) is 2.94. The molecule has 0 spiro atoms. The van der Waals surface area contributed by atoms with Gasteiger partial charge in [-0.2, -0.15) is 0 Å². The summed E-state index contributed by atoms with van der Waals surface area (Å²) in [7, 11) is 0. The van der Waals surface area contributed by atoms with Crippen LogP contribution in [0, 0.1) is 5.92 Å². The summed E-state index contributed by atoms with van der Waals surface area (Å²) in [6, 6.07) is 10.3. The molecule has 1 heterocycles. The topological polar surface area (TPSA) is 9.23 Å². The average Bonchev–Trinajstić information content (AvgIpc) is 2.73. The molecule has 1 aromatic carbocycles. The van der Waals surface area contributed by atoms with Crippen molar-refractivity contribution in [2.75, 3.05) is 0 Å². The van der Waals surface area contributed by atoms with Crippen molar-refractivity contribution in [3.63, 3.8) is 0 Å². The van der Waals surface area contributed by atoms with Crippen molar-refractivity contribution in [2.24, 2.45) is 5.92 Å². The van der Waals surface area contributed by atoms with Gasteiger partial charge in [-0.1, -0.05) is 42.5 Å². The SMILES string of the molecule is C=C[C@@H]1CB(c2ccccc2)O[C@H]1C=C. The molecule has 1 fully saturated rings. The molecule has 2 rings (SSSR count). The van der Waals surface area contributed by atoms with Gasteiger partial charge < -0.3 is 4.65 Å². The van der Waals surface area contributed by atoms with Crippen LogP contribution in [0.3, 0.4) is 0 Å². The maximum absolute atomic E-state index is 5.91. The van der Waals surface area contributed by atoms with Gasteiger partial charge in [0.15, 0.2) is 0 Å². The fourth-order valence-corrected chi connectivity index (χ4v) is 2.07. The van der Waals surface area contributed by atoms with Crippen LogP contribution in [-0.2, 0) is 4.65 Å². The zero-order valence-electron chi connectivity index (χ0n) is 8.80. The Morgan fingerprint density at radius 2 is 1.93 bits per heavy atom. The summed E-state index contributed by atoms with van der Waals surface area (Å²) in [6.07, 6.45) is 4.96.